The van der Waals surface area contributed by atoms with Crippen LogP contribution in [-0.4, -0.2) is 37.2 Å². The molecule has 1 heterocycles. The molecule has 0 amide bonds. The Hall–Kier alpha value is -1.84. The summed E-state index contributed by atoms with van der Waals surface area (Å²) in [7, 11) is 0. The summed E-state index contributed by atoms with van der Waals surface area (Å²) in [6.07, 6.45) is 0.252. The van der Waals surface area contributed by atoms with E-state index in [2.05, 4.69) is 52.7 Å². The van der Waals surface area contributed by atoms with Gasteiger partial charge in [0.15, 0.2) is 0 Å². The third kappa shape index (κ3) is 4.31. The number of para-hydroxylation sites is 1. The van der Waals surface area contributed by atoms with Gasteiger partial charge in [0.25, 0.3) is 0 Å². The summed E-state index contributed by atoms with van der Waals surface area (Å²) in [5, 5.41) is 3.45. The average molecular weight is 282 g/mol. The van der Waals surface area contributed by atoms with Crippen molar-refractivity contribution in [3.63, 3.8) is 0 Å². The van der Waals surface area contributed by atoms with Gasteiger partial charge in [0.1, 0.15) is 0 Å². The molecule has 21 heavy (non-hydrogen) atoms. The molecule has 2 aromatic rings. The molecule has 1 saturated heterocycles. The first-order valence-corrected chi connectivity index (χ1v) is 7.57. The second kappa shape index (κ2) is 7.25. The van der Waals surface area contributed by atoms with Crippen LogP contribution < -0.4 is 5.32 Å². The highest BCUT2D eigenvalue weighted by molar-refractivity contribution is 5.42. The van der Waals surface area contributed by atoms with Crippen molar-refractivity contribution < 1.29 is 4.74 Å². The van der Waals surface area contributed by atoms with Crippen molar-refractivity contribution in [2.45, 2.75) is 12.6 Å². The minimum atomic E-state index is 0.252. The van der Waals surface area contributed by atoms with Crippen molar-refractivity contribution in [1.82, 2.24) is 4.90 Å². The second-order valence-electron chi connectivity index (χ2n) is 5.46. The number of hydrogen-bond acceptors (Lipinski definition) is 3. The lowest BCUT2D eigenvalue weighted by Crippen LogP contribution is -2.44. The zero-order chi connectivity index (χ0) is 14.3. The van der Waals surface area contributed by atoms with Crippen LogP contribution in [-0.2, 0) is 11.3 Å². The van der Waals surface area contributed by atoms with E-state index in [4.69, 9.17) is 4.74 Å². The lowest BCUT2D eigenvalue weighted by atomic mass is 10.2. The Labute approximate surface area is 126 Å². The Morgan fingerprint density at radius 1 is 1.00 bits per heavy atom. The molecule has 1 fully saturated rings. The van der Waals surface area contributed by atoms with Crippen LogP contribution in [0, 0.1) is 0 Å². The SMILES string of the molecule is c1ccc(CN2CCOC(CNc3ccccc3)C2)cc1. The molecular formula is C18H22N2O. The third-order valence-corrected chi connectivity index (χ3v) is 3.78. The Bertz CT molecular complexity index is 529. The summed E-state index contributed by atoms with van der Waals surface area (Å²) in [6.45, 7) is 4.67. The van der Waals surface area contributed by atoms with Gasteiger partial charge in [0.2, 0.25) is 0 Å². The molecule has 1 aliphatic rings. The van der Waals surface area contributed by atoms with Gasteiger partial charge in [0, 0.05) is 31.9 Å². The molecule has 1 N–H and O–H groups in total. The van der Waals surface area contributed by atoms with Crippen molar-refractivity contribution in [2.24, 2.45) is 0 Å². The zero-order valence-corrected chi connectivity index (χ0v) is 12.2. The molecule has 3 rings (SSSR count). The number of ether oxygens (including phenoxy) is 1. The number of benzene rings is 2. The zero-order valence-electron chi connectivity index (χ0n) is 12.2. The van der Waals surface area contributed by atoms with Crippen LogP contribution in [0.4, 0.5) is 5.69 Å². The first-order chi connectivity index (χ1) is 10.4. The minimum Gasteiger partial charge on any atom is -0.382 e. The van der Waals surface area contributed by atoms with Crippen LogP contribution in [0.15, 0.2) is 60.7 Å². The first-order valence-electron chi connectivity index (χ1n) is 7.57. The van der Waals surface area contributed by atoms with Gasteiger partial charge in [-0.05, 0) is 17.7 Å². The fourth-order valence-electron chi connectivity index (χ4n) is 2.68. The number of rotatable bonds is 5. The monoisotopic (exact) mass is 282 g/mol. The topological polar surface area (TPSA) is 24.5 Å². The fourth-order valence-corrected chi connectivity index (χ4v) is 2.68. The quantitative estimate of drug-likeness (QED) is 0.912. The lowest BCUT2D eigenvalue weighted by Gasteiger charge is -2.33. The van der Waals surface area contributed by atoms with Crippen molar-refractivity contribution in [3.05, 3.63) is 66.2 Å². The lowest BCUT2D eigenvalue weighted by molar-refractivity contribution is -0.0240. The molecule has 3 heteroatoms. The molecule has 1 atom stereocenters. The van der Waals surface area contributed by atoms with Crippen LogP contribution in [0.25, 0.3) is 0 Å². The number of morpholine rings is 1. The molecule has 1 aliphatic heterocycles. The summed E-state index contributed by atoms with van der Waals surface area (Å²) in [5.74, 6) is 0. The third-order valence-electron chi connectivity index (χ3n) is 3.78. The molecule has 0 aliphatic carbocycles. The van der Waals surface area contributed by atoms with Crippen LogP contribution in [0.3, 0.4) is 0 Å². The van der Waals surface area contributed by atoms with Crippen LogP contribution in [0.5, 0.6) is 0 Å². The number of hydrogen-bond donors (Lipinski definition) is 1. The van der Waals surface area contributed by atoms with Gasteiger partial charge >= 0.3 is 0 Å². The second-order valence-corrected chi connectivity index (χ2v) is 5.46. The highest BCUT2D eigenvalue weighted by Crippen LogP contribution is 2.12. The van der Waals surface area contributed by atoms with E-state index in [1.54, 1.807) is 0 Å². The molecule has 0 radical (unpaired) electrons. The molecule has 0 aromatic heterocycles. The molecule has 0 bridgehead atoms. The van der Waals surface area contributed by atoms with Gasteiger partial charge in [-0.1, -0.05) is 48.5 Å². The molecule has 2 aromatic carbocycles. The normalized spacial score (nSPS) is 19.3. The number of anilines is 1. The maximum Gasteiger partial charge on any atom is 0.0874 e. The predicted molar refractivity (Wildman–Crippen MR) is 86.4 cm³/mol. The van der Waals surface area contributed by atoms with Crippen molar-refractivity contribution in [3.8, 4) is 0 Å². The summed E-state index contributed by atoms with van der Waals surface area (Å²) in [5.41, 5.74) is 2.52. The van der Waals surface area contributed by atoms with E-state index in [0.29, 0.717) is 0 Å². The van der Waals surface area contributed by atoms with Gasteiger partial charge < -0.3 is 10.1 Å². The first kappa shape index (κ1) is 14.1. The Balaban J connectivity index is 1.49. The van der Waals surface area contributed by atoms with E-state index in [1.165, 1.54) is 5.56 Å². The minimum absolute atomic E-state index is 0.252. The molecule has 0 spiro atoms. The van der Waals surface area contributed by atoms with Gasteiger partial charge in [-0.3, -0.25) is 4.90 Å². The highest BCUT2D eigenvalue weighted by atomic mass is 16.5. The average Bonchev–Trinajstić information content (AvgIpc) is 2.55. The molecule has 0 saturated carbocycles. The summed E-state index contributed by atoms with van der Waals surface area (Å²) in [6, 6.07) is 20.9. The summed E-state index contributed by atoms with van der Waals surface area (Å²) < 4.78 is 5.86. The molecule has 1 unspecified atom stereocenters. The van der Waals surface area contributed by atoms with E-state index in [1.807, 2.05) is 18.2 Å². The van der Waals surface area contributed by atoms with E-state index >= 15 is 0 Å². The Morgan fingerprint density at radius 2 is 1.71 bits per heavy atom. The van der Waals surface area contributed by atoms with Crippen molar-refractivity contribution >= 4 is 5.69 Å². The maximum atomic E-state index is 5.86. The standard InChI is InChI=1S/C18H22N2O/c1-3-7-16(8-4-1)14-20-11-12-21-18(15-20)13-19-17-9-5-2-6-10-17/h1-10,18-19H,11-15H2. The highest BCUT2D eigenvalue weighted by Gasteiger charge is 2.20. The molecule has 3 nitrogen and oxygen atoms in total. The van der Waals surface area contributed by atoms with Gasteiger partial charge in [-0.15, -0.1) is 0 Å². The molecule has 110 valence electrons. The Morgan fingerprint density at radius 3 is 2.48 bits per heavy atom. The van der Waals surface area contributed by atoms with E-state index in [9.17, 15) is 0 Å². The summed E-state index contributed by atoms with van der Waals surface area (Å²) >= 11 is 0. The van der Waals surface area contributed by atoms with Crippen LogP contribution >= 0.6 is 0 Å². The molecular weight excluding hydrogens is 260 g/mol. The van der Waals surface area contributed by atoms with Crippen molar-refractivity contribution in [1.29, 1.82) is 0 Å². The van der Waals surface area contributed by atoms with Gasteiger partial charge in [-0.25, -0.2) is 0 Å². The van der Waals surface area contributed by atoms with Gasteiger partial charge in [0.05, 0.1) is 12.7 Å². The van der Waals surface area contributed by atoms with E-state index < -0.39 is 0 Å². The van der Waals surface area contributed by atoms with E-state index in [-0.39, 0.29) is 6.10 Å². The fraction of sp³-hybridized carbons (Fsp3) is 0.333. The predicted octanol–water partition coefficient (Wildman–Crippen LogP) is 3.00. The van der Waals surface area contributed by atoms with E-state index in [0.717, 1.165) is 38.5 Å². The summed E-state index contributed by atoms with van der Waals surface area (Å²) in [4.78, 5) is 2.47. The van der Waals surface area contributed by atoms with Crippen LogP contribution in [0.2, 0.25) is 0 Å². The maximum absolute atomic E-state index is 5.86. The largest absolute Gasteiger partial charge is 0.382 e. The number of nitrogens with zero attached hydrogens (tertiary/aromatic N) is 1. The smallest absolute Gasteiger partial charge is 0.0874 e. The van der Waals surface area contributed by atoms with Gasteiger partial charge in [-0.2, -0.15) is 0 Å². The Kier molecular flexibility index (Phi) is 4.87. The van der Waals surface area contributed by atoms with Crippen LogP contribution in [0.1, 0.15) is 5.56 Å². The number of nitrogens with one attached hydrogen (secondary N) is 1. The van der Waals surface area contributed by atoms with Crippen molar-refractivity contribution in [2.75, 3.05) is 31.6 Å².